The molecule has 0 unspecified atom stereocenters. The van der Waals surface area contributed by atoms with E-state index in [-0.39, 0.29) is 5.82 Å². The molecule has 0 spiro atoms. The predicted octanol–water partition coefficient (Wildman–Crippen LogP) is 1.06. The number of rotatable bonds is 3. The van der Waals surface area contributed by atoms with E-state index in [1.165, 1.54) is 6.07 Å². The number of guanidine groups is 1. The van der Waals surface area contributed by atoms with E-state index >= 15 is 0 Å². The molecule has 0 bridgehead atoms. The number of furan rings is 1. The standard InChI is InChI=1S/C12H12FN5O/c13-10-4-2-1-3-9(10)11-6-5-8(19-11)7-14-12-15-17-18-16-12/h1-6,17-18H,7H2,(H2,14,15,16). The van der Waals surface area contributed by atoms with Crippen molar-refractivity contribution in [2.24, 2.45) is 4.99 Å². The summed E-state index contributed by atoms with van der Waals surface area (Å²) in [6, 6.07) is 10.0. The number of halogens is 1. The van der Waals surface area contributed by atoms with Crippen LogP contribution in [0.15, 0.2) is 45.8 Å². The molecular formula is C12H12FN5O. The third-order valence-electron chi connectivity index (χ3n) is 2.62. The molecule has 3 rings (SSSR count). The summed E-state index contributed by atoms with van der Waals surface area (Å²) >= 11 is 0. The van der Waals surface area contributed by atoms with E-state index in [1.54, 1.807) is 30.3 Å². The highest BCUT2D eigenvalue weighted by Gasteiger charge is 2.09. The van der Waals surface area contributed by atoms with Gasteiger partial charge in [-0.05, 0) is 24.3 Å². The number of nitrogens with one attached hydrogen (secondary N) is 4. The van der Waals surface area contributed by atoms with Crippen molar-refractivity contribution in [1.29, 1.82) is 0 Å². The number of aliphatic imine (C=N–C) groups is 1. The molecule has 0 aliphatic carbocycles. The Morgan fingerprint density at radius 3 is 2.63 bits per heavy atom. The van der Waals surface area contributed by atoms with Crippen LogP contribution in [0, 0.1) is 5.82 Å². The monoisotopic (exact) mass is 261 g/mol. The van der Waals surface area contributed by atoms with Crippen LogP contribution in [-0.4, -0.2) is 5.96 Å². The SMILES string of the molecule is Fc1ccccc1-c1ccc(CN=C2NNNN2)o1. The molecule has 1 aliphatic rings. The van der Waals surface area contributed by atoms with Gasteiger partial charge in [-0.2, -0.15) is 11.1 Å². The highest BCUT2D eigenvalue weighted by molar-refractivity contribution is 5.79. The summed E-state index contributed by atoms with van der Waals surface area (Å²) in [5, 5.41) is 0. The highest BCUT2D eigenvalue weighted by Crippen LogP contribution is 2.24. The van der Waals surface area contributed by atoms with Crippen LogP contribution in [0.25, 0.3) is 11.3 Å². The van der Waals surface area contributed by atoms with Gasteiger partial charge in [0.15, 0.2) is 0 Å². The molecule has 7 heteroatoms. The van der Waals surface area contributed by atoms with E-state index in [0.29, 0.717) is 29.6 Å². The molecule has 0 radical (unpaired) electrons. The van der Waals surface area contributed by atoms with E-state index in [1.807, 2.05) is 0 Å². The first-order chi connectivity index (χ1) is 9.33. The fourth-order valence-corrected chi connectivity index (χ4v) is 1.72. The Bertz CT molecular complexity index is 602. The highest BCUT2D eigenvalue weighted by atomic mass is 19.1. The summed E-state index contributed by atoms with van der Waals surface area (Å²) in [7, 11) is 0. The quantitative estimate of drug-likeness (QED) is 0.665. The van der Waals surface area contributed by atoms with Crippen molar-refractivity contribution in [2.75, 3.05) is 0 Å². The number of benzene rings is 1. The minimum atomic E-state index is -0.303. The first kappa shape index (κ1) is 11.7. The zero-order valence-electron chi connectivity index (χ0n) is 9.90. The maximum atomic E-state index is 13.6. The molecule has 0 saturated carbocycles. The summed E-state index contributed by atoms with van der Waals surface area (Å²) in [6.45, 7) is 0.354. The Morgan fingerprint density at radius 2 is 1.84 bits per heavy atom. The van der Waals surface area contributed by atoms with E-state index in [9.17, 15) is 4.39 Å². The lowest BCUT2D eigenvalue weighted by molar-refractivity contribution is 0.520. The van der Waals surface area contributed by atoms with Crippen molar-refractivity contribution >= 4 is 5.96 Å². The number of nitrogens with zero attached hydrogens (tertiary/aromatic N) is 1. The smallest absolute Gasteiger partial charge is 0.223 e. The van der Waals surface area contributed by atoms with Gasteiger partial charge in [0.05, 0.1) is 5.56 Å². The maximum Gasteiger partial charge on any atom is 0.223 e. The molecule has 1 aliphatic heterocycles. The van der Waals surface area contributed by atoms with E-state index in [4.69, 9.17) is 4.42 Å². The van der Waals surface area contributed by atoms with Gasteiger partial charge in [-0.25, -0.2) is 9.38 Å². The van der Waals surface area contributed by atoms with Crippen LogP contribution in [0.1, 0.15) is 5.76 Å². The molecule has 0 atom stereocenters. The summed E-state index contributed by atoms with van der Waals surface area (Å²) in [5.74, 6) is 1.41. The van der Waals surface area contributed by atoms with Crippen molar-refractivity contribution < 1.29 is 8.81 Å². The van der Waals surface area contributed by atoms with Crippen molar-refractivity contribution in [3.05, 3.63) is 48.0 Å². The van der Waals surface area contributed by atoms with Crippen LogP contribution in [0.4, 0.5) is 4.39 Å². The summed E-state index contributed by atoms with van der Waals surface area (Å²) in [4.78, 5) is 4.20. The van der Waals surface area contributed by atoms with Gasteiger partial charge in [0.2, 0.25) is 5.96 Å². The fraction of sp³-hybridized carbons (Fsp3) is 0.0833. The summed E-state index contributed by atoms with van der Waals surface area (Å²) in [6.07, 6.45) is 0. The number of hydrogen-bond donors (Lipinski definition) is 4. The van der Waals surface area contributed by atoms with Crippen molar-refractivity contribution in [1.82, 2.24) is 21.9 Å². The lowest BCUT2D eigenvalue weighted by Gasteiger charge is -1.98. The fourth-order valence-electron chi connectivity index (χ4n) is 1.72. The molecule has 1 fully saturated rings. The van der Waals surface area contributed by atoms with E-state index < -0.39 is 0 Å². The summed E-state index contributed by atoms with van der Waals surface area (Å²) < 4.78 is 19.2. The lowest BCUT2D eigenvalue weighted by atomic mass is 10.1. The maximum absolute atomic E-state index is 13.6. The zero-order chi connectivity index (χ0) is 13.1. The Morgan fingerprint density at radius 1 is 1.05 bits per heavy atom. The van der Waals surface area contributed by atoms with Gasteiger partial charge in [0.25, 0.3) is 0 Å². The van der Waals surface area contributed by atoms with Gasteiger partial charge in [0.1, 0.15) is 23.9 Å². The molecule has 19 heavy (non-hydrogen) atoms. The van der Waals surface area contributed by atoms with Crippen LogP contribution in [0.2, 0.25) is 0 Å². The molecule has 2 heterocycles. The lowest BCUT2D eigenvalue weighted by Crippen LogP contribution is -2.33. The Kier molecular flexibility index (Phi) is 3.13. The molecule has 1 aromatic carbocycles. The van der Waals surface area contributed by atoms with Crippen molar-refractivity contribution in [3.8, 4) is 11.3 Å². The average molecular weight is 261 g/mol. The second kappa shape index (κ2) is 5.09. The minimum Gasteiger partial charge on any atom is -0.459 e. The van der Waals surface area contributed by atoms with E-state index in [0.717, 1.165) is 0 Å². The number of hydrazine groups is 3. The first-order valence-corrected chi connectivity index (χ1v) is 5.73. The van der Waals surface area contributed by atoms with Crippen molar-refractivity contribution in [3.63, 3.8) is 0 Å². The molecule has 1 saturated heterocycles. The van der Waals surface area contributed by atoms with Gasteiger partial charge in [-0.15, -0.1) is 0 Å². The molecule has 0 amide bonds. The minimum absolute atomic E-state index is 0.303. The zero-order valence-corrected chi connectivity index (χ0v) is 9.90. The largest absolute Gasteiger partial charge is 0.459 e. The van der Waals surface area contributed by atoms with Crippen molar-refractivity contribution in [2.45, 2.75) is 6.54 Å². The Labute approximate surface area is 108 Å². The number of hydrogen-bond acceptors (Lipinski definition) is 4. The van der Waals surface area contributed by atoms with Crippen LogP contribution in [-0.2, 0) is 6.54 Å². The van der Waals surface area contributed by atoms with Gasteiger partial charge in [-0.1, -0.05) is 12.1 Å². The van der Waals surface area contributed by atoms with Gasteiger partial charge >= 0.3 is 0 Å². The van der Waals surface area contributed by atoms with Gasteiger partial charge < -0.3 is 4.42 Å². The Hall–Kier alpha value is -2.38. The van der Waals surface area contributed by atoms with Crippen LogP contribution >= 0.6 is 0 Å². The Balaban J connectivity index is 1.76. The van der Waals surface area contributed by atoms with E-state index in [2.05, 4.69) is 26.9 Å². The summed E-state index contributed by atoms with van der Waals surface area (Å²) in [5.41, 5.74) is 11.2. The second-order valence-corrected chi connectivity index (χ2v) is 3.91. The average Bonchev–Trinajstić information content (AvgIpc) is 3.08. The molecule has 6 nitrogen and oxygen atoms in total. The topological polar surface area (TPSA) is 73.6 Å². The molecular weight excluding hydrogens is 249 g/mol. The molecule has 4 N–H and O–H groups in total. The normalized spacial score (nSPS) is 14.1. The van der Waals surface area contributed by atoms with Gasteiger partial charge in [-0.3, -0.25) is 10.9 Å². The third kappa shape index (κ3) is 2.56. The van der Waals surface area contributed by atoms with Crippen LogP contribution < -0.4 is 21.9 Å². The van der Waals surface area contributed by atoms with Crippen LogP contribution in [0.5, 0.6) is 0 Å². The second-order valence-electron chi connectivity index (χ2n) is 3.91. The van der Waals surface area contributed by atoms with Gasteiger partial charge in [0, 0.05) is 0 Å². The molecule has 2 aromatic rings. The third-order valence-corrected chi connectivity index (χ3v) is 2.62. The molecule has 98 valence electrons. The molecule has 1 aromatic heterocycles. The predicted molar refractivity (Wildman–Crippen MR) is 67.8 cm³/mol. The first-order valence-electron chi connectivity index (χ1n) is 5.73. The van der Waals surface area contributed by atoms with Crippen LogP contribution in [0.3, 0.4) is 0 Å².